The number of rotatable bonds is 5. The fraction of sp³-hybridized carbons (Fsp3) is 0.250. The quantitative estimate of drug-likeness (QED) is 0.219. The van der Waals surface area contributed by atoms with Crippen LogP contribution in [0, 0.1) is 0 Å². The first kappa shape index (κ1) is 17.3. The van der Waals surface area contributed by atoms with Gasteiger partial charge in [-0.1, -0.05) is 11.6 Å². The van der Waals surface area contributed by atoms with Crippen molar-refractivity contribution in [1.82, 2.24) is 0 Å². The van der Waals surface area contributed by atoms with Crippen molar-refractivity contribution < 1.29 is 30.0 Å². The van der Waals surface area contributed by atoms with Crippen LogP contribution in [0.1, 0.15) is 47.1 Å². The van der Waals surface area contributed by atoms with E-state index in [1.807, 2.05) is 0 Å². The summed E-state index contributed by atoms with van der Waals surface area (Å²) in [6.07, 6.45) is 2.49. The summed E-state index contributed by atoms with van der Waals surface area (Å²) in [7, 11) is 0. The normalized spacial score (nSPS) is 11.1. The Labute approximate surface area is 127 Å². The van der Waals surface area contributed by atoms with Crippen LogP contribution in [0.15, 0.2) is 23.5 Å². The maximum Gasteiger partial charge on any atom is 0.199 e. The maximum absolute atomic E-state index is 12.1. The van der Waals surface area contributed by atoms with Gasteiger partial charge in [-0.05, 0) is 27.2 Å². The minimum absolute atomic E-state index is 0.0461. The molecule has 0 amide bonds. The largest absolute Gasteiger partial charge is 0.515 e. The molecule has 0 saturated carbocycles. The number of hydrogen-bond donors (Lipinski definition) is 4. The van der Waals surface area contributed by atoms with Gasteiger partial charge in [0.1, 0.15) is 22.8 Å². The molecule has 6 heteroatoms. The molecule has 0 radical (unpaired) electrons. The molecule has 0 heterocycles. The van der Waals surface area contributed by atoms with E-state index in [-0.39, 0.29) is 23.8 Å². The number of carbonyl (C=O) groups excluding carboxylic acids is 2. The summed E-state index contributed by atoms with van der Waals surface area (Å²) < 4.78 is 0. The van der Waals surface area contributed by atoms with Crippen LogP contribution in [0.2, 0.25) is 0 Å². The van der Waals surface area contributed by atoms with Gasteiger partial charge >= 0.3 is 0 Å². The van der Waals surface area contributed by atoms with E-state index in [9.17, 15) is 24.9 Å². The molecule has 0 aliphatic carbocycles. The van der Waals surface area contributed by atoms with Crippen molar-refractivity contribution in [3.05, 3.63) is 40.2 Å². The van der Waals surface area contributed by atoms with Gasteiger partial charge in [-0.3, -0.25) is 9.59 Å². The summed E-state index contributed by atoms with van der Waals surface area (Å²) >= 11 is 0. The number of Topliss-reactive ketones (excluding diaryl/α,β-unsaturated/α-hetero) is 1. The van der Waals surface area contributed by atoms with Gasteiger partial charge in [0, 0.05) is 11.1 Å². The lowest BCUT2D eigenvalue weighted by Gasteiger charge is -2.14. The average molecular weight is 306 g/mol. The summed E-state index contributed by atoms with van der Waals surface area (Å²) in [5.41, 5.74) is -0.292. The van der Waals surface area contributed by atoms with Crippen LogP contribution in [0.5, 0.6) is 17.2 Å². The summed E-state index contributed by atoms with van der Waals surface area (Å²) in [6, 6.07) is 0. The van der Waals surface area contributed by atoms with Crippen LogP contribution in [-0.2, 0) is 6.42 Å². The zero-order valence-electron chi connectivity index (χ0n) is 12.5. The lowest BCUT2D eigenvalue weighted by atomic mass is 9.94. The van der Waals surface area contributed by atoms with Gasteiger partial charge < -0.3 is 20.4 Å². The van der Waals surface area contributed by atoms with Gasteiger partial charge in [-0.2, -0.15) is 0 Å². The molecule has 0 fully saturated rings. The predicted molar refractivity (Wildman–Crippen MR) is 80.7 cm³/mol. The molecule has 0 aromatic heterocycles. The first-order valence-corrected chi connectivity index (χ1v) is 6.50. The molecule has 0 bridgehead atoms. The van der Waals surface area contributed by atoms with Crippen LogP contribution in [0.4, 0.5) is 0 Å². The highest BCUT2D eigenvalue weighted by molar-refractivity contribution is 6.13. The van der Waals surface area contributed by atoms with Crippen molar-refractivity contribution in [2.24, 2.45) is 0 Å². The summed E-state index contributed by atoms with van der Waals surface area (Å²) in [4.78, 5) is 23.2. The Kier molecular flexibility index (Phi) is 5.34. The Bertz CT molecular complexity index is 679. The number of aromatic hydroxyl groups is 3. The Morgan fingerprint density at radius 1 is 1.05 bits per heavy atom. The standard InChI is InChI=1S/C16H18O6/c1-8(2)4-5-10-14(20)11(7-18)16(22)12(15(10)21)13(19)9(3)6-17/h4,6-7,17,20-22H,5H2,1-3H3/b9-6+. The molecule has 0 unspecified atom stereocenters. The van der Waals surface area contributed by atoms with Gasteiger partial charge in [-0.15, -0.1) is 0 Å². The lowest BCUT2D eigenvalue weighted by molar-refractivity contribution is 0.102. The molecule has 118 valence electrons. The summed E-state index contributed by atoms with van der Waals surface area (Å²) in [6.45, 7) is 4.89. The van der Waals surface area contributed by atoms with Crippen molar-refractivity contribution in [2.75, 3.05) is 0 Å². The second-order valence-electron chi connectivity index (χ2n) is 5.06. The molecule has 0 atom stereocenters. The molecular formula is C16H18O6. The van der Waals surface area contributed by atoms with E-state index < -0.39 is 34.2 Å². The molecule has 0 aliphatic rings. The molecule has 0 spiro atoms. The average Bonchev–Trinajstić information content (AvgIpc) is 2.46. The molecule has 0 aliphatic heterocycles. The fourth-order valence-corrected chi connectivity index (χ4v) is 1.87. The number of allylic oxidation sites excluding steroid dienone is 3. The second-order valence-corrected chi connectivity index (χ2v) is 5.06. The molecule has 22 heavy (non-hydrogen) atoms. The topological polar surface area (TPSA) is 115 Å². The zero-order valence-corrected chi connectivity index (χ0v) is 12.5. The number of phenolic OH excluding ortho intramolecular Hbond substituents is 3. The summed E-state index contributed by atoms with van der Waals surface area (Å²) in [5.74, 6) is -2.87. The number of aldehydes is 1. The third kappa shape index (κ3) is 3.11. The minimum Gasteiger partial charge on any atom is -0.515 e. The molecule has 0 saturated heterocycles. The van der Waals surface area contributed by atoms with E-state index in [1.54, 1.807) is 19.9 Å². The highest BCUT2D eigenvalue weighted by Gasteiger charge is 2.27. The van der Waals surface area contributed by atoms with Gasteiger partial charge in [0.05, 0.1) is 11.8 Å². The van der Waals surface area contributed by atoms with Gasteiger partial charge in [0.15, 0.2) is 12.1 Å². The number of aliphatic hydroxyl groups is 1. The smallest absolute Gasteiger partial charge is 0.199 e. The molecule has 4 N–H and O–H groups in total. The molecule has 1 rings (SSSR count). The van der Waals surface area contributed by atoms with Crippen LogP contribution in [0.25, 0.3) is 0 Å². The van der Waals surface area contributed by atoms with Crippen molar-refractivity contribution >= 4 is 12.1 Å². The first-order valence-electron chi connectivity index (χ1n) is 6.50. The second kappa shape index (κ2) is 6.80. The number of carbonyl (C=O) groups is 2. The van der Waals surface area contributed by atoms with E-state index in [0.29, 0.717) is 6.26 Å². The third-order valence-electron chi connectivity index (χ3n) is 3.17. The lowest BCUT2D eigenvalue weighted by Crippen LogP contribution is -2.06. The minimum atomic E-state index is -0.848. The molecule has 1 aromatic rings. The fourth-order valence-electron chi connectivity index (χ4n) is 1.87. The Morgan fingerprint density at radius 2 is 1.64 bits per heavy atom. The van der Waals surface area contributed by atoms with Crippen molar-refractivity contribution in [3.63, 3.8) is 0 Å². The van der Waals surface area contributed by atoms with Crippen molar-refractivity contribution in [1.29, 1.82) is 0 Å². The molecule has 6 nitrogen and oxygen atoms in total. The number of hydrogen-bond acceptors (Lipinski definition) is 6. The molecular weight excluding hydrogens is 288 g/mol. The highest BCUT2D eigenvalue weighted by Crippen LogP contribution is 2.42. The van der Waals surface area contributed by atoms with E-state index in [0.717, 1.165) is 5.57 Å². The zero-order chi connectivity index (χ0) is 17.0. The van der Waals surface area contributed by atoms with Gasteiger partial charge in [0.2, 0.25) is 0 Å². The molecule has 1 aromatic carbocycles. The predicted octanol–water partition coefficient (Wildman–Crippen LogP) is 2.77. The summed E-state index contributed by atoms with van der Waals surface area (Å²) in [5, 5.41) is 39.1. The SMILES string of the molecule is CC(C)=CCc1c(O)c(C=O)c(O)c(C(=O)/C(C)=C/O)c1O. The van der Waals surface area contributed by atoms with E-state index >= 15 is 0 Å². The highest BCUT2D eigenvalue weighted by atomic mass is 16.3. The Morgan fingerprint density at radius 3 is 2.09 bits per heavy atom. The van der Waals surface area contributed by atoms with E-state index in [1.165, 1.54) is 6.92 Å². The van der Waals surface area contributed by atoms with Crippen LogP contribution < -0.4 is 0 Å². The van der Waals surface area contributed by atoms with Crippen molar-refractivity contribution in [2.45, 2.75) is 27.2 Å². The van der Waals surface area contributed by atoms with Crippen molar-refractivity contribution in [3.8, 4) is 17.2 Å². The van der Waals surface area contributed by atoms with E-state index in [2.05, 4.69) is 0 Å². The van der Waals surface area contributed by atoms with Crippen LogP contribution in [-0.4, -0.2) is 32.5 Å². The first-order chi connectivity index (χ1) is 10.3. The monoisotopic (exact) mass is 306 g/mol. The number of benzene rings is 1. The third-order valence-corrected chi connectivity index (χ3v) is 3.17. The Hall–Kier alpha value is -2.76. The van der Waals surface area contributed by atoms with Gasteiger partial charge in [-0.25, -0.2) is 0 Å². The van der Waals surface area contributed by atoms with E-state index in [4.69, 9.17) is 5.11 Å². The number of aliphatic hydroxyl groups excluding tert-OH is 1. The van der Waals surface area contributed by atoms with Gasteiger partial charge in [0.25, 0.3) is 0 Å². The maximum atomic E-state index is 12.1. The van der Waals surface area contributed by atoms with Crippen LogP contribution >= 0.6 is 0 Å². The Balaban J connectivity index is 3.71. The number of ketones is 1. The van der Waals surface area contributed by atoms with Crippen LogP contribution in [0.3, 0.4) is 0 Å². The number of phenols is 3.